The molecule has 1 heterocycles. The molecule has 8 nitrogen and oxygen atoms in total. The lowest BCUT2D eigenvalue weighted by Crippen LogP contribution is -2.40. The van der Waals surface area contributed by atoms with Crippen LogP contribution in [0.4, 0.5) is 11.9 Å². The van der Waals surface area contributed by atoms with Crippen molar-refractivity contribution in [3.63, 3.8) is 0 Å². The number of nitrogens with one attached hydrogen (secondary N) is 2. The SMILES string of the molecule is COc1nc(NN)nc(NC2CC(OC)C2)n1. The first-order valence-corrected chi connectivity index (χ1v) is 5.31. The molecule has 0 saturated heterocycles. The maximum absolute atomic E-state index is 5.26. The Kier molecular flexibility index (Phi) is 3.55. The fourth-order valence-corrected chi connectivity index (χ4v) is 1.64. The van der Waals surface area contributed by atoms with Gasteiger partial charge < -0.3 is 14.8 Å². The Morgan fingerprint density at radius 1 is 1.18 bits per heavy atom. The molecule has 4 N–H and O–H groups in total. The zero-order valence-electron chi connectivity index (χ0n) is 9.80. The van der Waals surface area contributed by atoms with Crippen LogP contribution in [0.1, 0.15) is 12.8 Å². The second kappa shape index (κ2) is 5.11. The monoisotopic (exact) mass is 240 g/mol. The summed E-state index contributed by atoms with van der Waals surface area (Å²) in [5.74, 6) is 5.97. The van der Waals surface area contributed by atoms with E-state index < -0.39 is 0 Å². The van der Waals surface area contributed by atoms with Gasteiger partial charge in [0.25, 0.3) is 0 Å². The molecule has 1 aliphatic rings. The van der Waals surface area contributed by atoms with Crippen LogP contribution in [0.2, 0.25) is 0 Å². The Labute approximate surface area is 98.9 Å². The van der Waals surface area contributed by atoms with Gasteiger partial charge in [0, 0.05) is 13.2 Å². The average Bonchev–Trinajstić information content (AvgIpc) is 2.32. The number of methoxy groups -OCH3 is 2. The van der Waals surface area contributed by atoms with Crippen LogP contribution in [-0.4, -0.2) is 41.3 Å². The van der Waals surface area contributed by atoms with E-state index in [0.29, 0.717) is 18.1 Å². The van der Waals surface area contributed by atoms with Crippen molar-refractivity contribution in [3.05, 3.63) is 0 Å². The number of hydrogen-bond acceptors (Lipinski definition) is 8. The molecule has 0 amide bonds. The normalized spacial score (nSPS) is 22.8. The van der Waals surface area contributed by atoms with Crippen molar-refractivity contribution in [2.75, 3.05) is 25.0 Å². The van der Waals surface area contributed by atoms with Gasteiger partial charge in [-0.2, -0.15) is 15.0 Å². The summed E-state index contributed by atoms with van der Waals surface area (Å²) in [6.45, 7) is 0. The summed E-state index contributed by atoms with van der Waals surface area (Å²) in [5.41, 5.74) is 2.36. The minimum absolute atomic E-state index is 0.220. The maximum Gasteiger partial charge on any atom is 0.322 e. The first-order valence-electron chi connectivity index (χ1n) is 5.31. The van der Waals surface area contributed by atoms with E-state index in [9.17, 15) is 0 Å². The number of ether oxygens (including phenoxy) is 2. The lowest BCUT2D eigenvalue weighted by Gasteiger charge is -2.34. The van der Waals surface area contributed by atoms with E-state index in [1.165, 1.54) is 7.11 Å². The maximum atomic E-state index is 5.26. The zero-order chi connectivity index (χ0) is 12.3. The predicted octanol–water partition coefficient (Wildman–Crippen LogP) is -0.245. The molecule has 0 aliphatic heterocycles. The minimum atomic E-state index is 0.220. The summed E-state index contributed by atoms with van der Waals surface area (Å²) in [5, 5.41) is 3.17. The van der Waals surface area contributed by atoms with Crippen LogP contribution in [0.5, 0.6) is 6.01 Å². The summed E-state index contributed by atoms with van der Waals surface area (Å²) in [7, 11) is 3.20. The third-order valence-corrected chi connectivity index (χ3v) is 2.69. The topological polar surface area (TPSA) is 107 Å². The number of nitrogens with zero attached hydrogens (tertiary/aromatic N) is 3. The van der Waals surface area contributed by atoms with Crippen LogP contribution in [0.3, 0.4) is 0 Å². The van der Waals surface area contributed by atoms with E-state index in [1.807, 2.05) is 0 Å². The van der Waals surface area contributed by atoms with Crippen molar-refractivity contribution in [2.45, 2.75) is 25.0 Å². The molecule has 0 atom stereocenters. The summed E-state index contributed by atoms with van der Waals surface area (Å²) < 4.78 is 10.1. The first-order chi connectivity index (χ1) is 8.25. The van der Waals surface area contributed by atoms with Gasteiger partial charge >= 0.3 is 6.01 Å². The summed E-state index contributed by atoms with van der Waals surface area (Å²) >= 11 is 0. The van der Waals surface area contributed by atoms with Crippen LogP contribution in [0.25, 0.3) is 0 Å². The Morgan fingerprint density at radius 2 is 1.88 bits per heavy atom. The lowest BCUT2D eigenvalue weighted by molar-refractivity contribution is 0.0327. The van der Waals surface area contributed by atoms with Gasteiger partial charge in [-0.1, -0.05) is 0 Å². The Bertz CT molecular complexity index is 359. The molecular weight excluding hydrogens is 224 g/mol. The number of anilines is 2. The van der Waals surface area contributed by atoms with Gasteiger partial charge in [-0.05, 0) is 12.8 Å². The molecule has 2 rings (SSSR count). The van der Waals surface area contributed by atoms with Gasteiger partial charge in [-0.25, -0.2) is 5.84 Å². The summed E-state index contributed by atoms with van der Waals surface area (Å²) in [6, 6.07) is 0.538. The zero-order valence-corrected chi connectivity index (χ0v) is 9.80. The molecule has 0 radical (unpaired) electrons. The highest BCUT2D eigenvalue weighted by molar-refractivity contribution is 5.36. The fraction of sp³-hybridized carbons (Fsp3) is 0.667. The molecule has 1 aliphatic carbocycles. The van der Waals surface area contributed by atoms with Gasteiger partial charge in [0.05, 0.1) is 13.2 Å². The molecule has 1 aromatic heterocycles. The summed E-state index contributed by atoms with van der Waals surface area (Å²) in [6.07, 6.45) is 2.20. The van der Waals surface area contributed by atoms with Crippen LogP contribution < -0.4 is 21.3 Å². The standard InChI is InChI=1S/C9H16N6O2/c1-16-6-3-5(4-6)11-7-12-8(15-10)14-9(13-7)17-2/h5-6H,3-4,10H2,1-2H3,(H2,11,12,13,14,15). The highest BCUT2D eigenvalue weighted by Gasteiger charge is 2.29. The first kappa shape index (κ1) is 11.8. The van der Waals surface area contributed by atoms with Crippen LogP contribution in [0.15, 0.2) is 0 Å². The van der Waals surface area contributed by atoms with Gasteiger partial charge in [-0.3, -0.25) is 5.43 Å². The van der Waals surface area contributed by atoms with E-state index in [2.05, 4.69) is 25.7 Å². The van der Waals surface area contributed by atoms with Crippen molar-refractivity contribution < 1.29 is 9.47 Å². The van der Waals surface area contributed by atoms with Crippen molar-refractivity contribution in [2.24, 2.45) is 5.84 Å². The number of hydrogen-bond donors (Lipinski definition) is 3. The number of rotatable bonds is 5. The molecule has 0 spiro atoms. The lowest BCUT2D eigenvalue weighted by atomic mass is 9.89. The van der Waals surface area contributed by atoms with Crippen molar-refractivity contribution >= 4 is 11.9 Å². The third kappa shape index (κ3) is 2.71. The Hall–Kier alpha value is -1.67. The average molecular weight is 240 g/mol. The number of hydrazine groups is 1. The number of nitrogens with two attached hydrogens (primary N) is 1. The molecular formula is C9H16N6O2. The highest BCUT2D eigenvalue weighted by Crippen LogP contribution is 2.25. The van der Waals surface area contributed by atoms with E-state index in [-0.39, 0.29) is 12.0 Å². The highest BCUT2D eigenvalue weighted by atomic mass is 16.5. The Morgan fingerprint density at radius 3 is 2.47 bits per heavy atom. The van der Waals surface area contributed by atoms with Crippen molar-refractivity contribution in [1.82, 2.24) is 15.0 Å². The molecule has 0 bridgehead atoms. The van der Waals surface area contributed by atoms with E-state index >= 15 is 0 Å². The van der Waals surface area contributed by atoms with E-state index in [4.69, 9.17) is 15.3 Å². The number of aromatic nitrogens is 3. The van der Waals surface area contributed by atoms with E-state index in [0.717, 1.165) is 12.8 Å². The summed E-state index contributed by atoms with van der Waals surface area (Å²) in [4.78, 5) is 12.1. The molecule has 8 heteroatoms. The Balaban J connectivity index is 2.00. The molecule has 1 saturated carbocycles. The molecule has 1 aromatic rings. The second-order valence-corrected chi connectivity index (χ2v) is 3.78. The quantitative estimate of drug-likeness (QED) is 0.478. The molecule has 0 unspecified atom stereocenters. The fourth-order valence-electron chi connectivity index (χ4n) is 1.64. The van der Waals surface area contributed by atoms with Crippen LogP contribution in [0, 0.1) is 0 Å². The van der Waals surface area contributed by atoms with Crippen molar-refractivity contribution in [3.8, 4) is 6.01 Å². The minimum Gasteiger partial charge on any atom is -0.467 e. The van der Waals surface area contributed by atoms with Crippen LogP contribution in [-0.2, 0) is 4.74 Å². The smallest absolute Gasteiger partial charge is 0.322 e. The molecule has 1 fully saturated rings. The van der Waals surface area contributed by atoms with Gasteiger partial charge in [-0.15, -0.1) is 0 Å². The van der Waals surface area contributed by atoms with Crippen molar-refractivity contribution in [1.29, 1.82) is 0 Å². The molecule has 0 aromatic carbocycles. The number of nitrogen functional groups attached to an aromatic ring is 1. The predicted molar refractivity (Wildman–Crippen MR) is 61.6 cm³/mol. The molecule has 17 heavy (non-hydrogen) atoms. The molecule has 94 valence electrons. The largest absolute Gasteiger partial charge is 0.467 e. The second-order valence-electron chi connectivity index (χ2n) is 3.78. The third-order valence-electron chi connectivity index (χ3n) is 2.69. The van der Waals surface area contributed by atoms with Crippen LogP contribution >= 0.6 is 0 Å². The van der Waals surface area contributed by atoms with Gasteiger partial charge in [0.15, 0.2) is 0 Å². The van der Waals surface area contributed by atoms with Gasteiger partial charge in [0.2, 0.25) is 11.9 Å². The van der Waals surface area contributed by atoms with Gasteiger partial charge in [0.1, 0.15) is 0 Å². The van der Waals surface area contributed by atoms with E-state index in [1.54, 1.807) is 7.11 Å².